The van der Waals surface area contributed by atoms with Crippen molar-refractivity contribution in [2.24, 2.45) is 4.99 Å². The Morgan fingerprint density at radius 1 is 1.17 bits per heavy atom. The minimum atomic E-state index is -1.45. The number of halogens is 2. The van der Waals surface area contributed by atoms with E-state index in [0.29, 0.717) is 36.7 Å². The smallest absolute Gasteiger partial charge is 0.246 e. The molecule has 1 unspecified atom stereocenters. The number of aryl methyl sites for hydroxylation is 1. The topological polar surface area (TPSA) is 105 Å². The fourth-order valence-corrected chi connectivity index (χ4v) is 5.69. The Balaban J connectivity index is 1.53. The average Bonchev–Trinajstić information content (AvgIpc) is 3.79. The molecule has 1 aromatic carbocycles. The van der Waals surface area contributed by atoms with Crippen LogP contribution >= 0.6 is 0 Å². The highest BCUT2D eigenvalue weighted by Crippen LogP contribution is 2.48. The Morgan fingerprint density at radius 3 is 2.63 bits per heavy atom. The number of pyridine rings is 2. The van der Waals surface area contributed by atoms with Crippen LogP contribution in [0.3, 0.4) is 0 Å². The van der Waals surface area contributed by atoms with Crippen molar-refractivity contribution >= 4 is 23.2 Å². The van der Waals surface area contributed by atoms with Crippen molar-refractivity contribution in [1.82, 2.24) is 19.8 Å². The fraction of sp³-hybridized carbons (Fsp3) is 0.333. The number of hydrogen-bond donors (Lipinski definition) is 2. The molecule has 2 fully saturated rings. The van der Waals surface area contributed by atoms with Crippen molar-refractivity contribution in [2.45, 2.75) is 45.0 Å². The average molecular weight is 561 g/mol. The van der Waals surface area contributed by atoms with Gasteiger partial charge in [-0.25, -0.2) is 18.8 Å². The molecule has 2 aromatic heterocycles. The minimum Gasteiger partial charge on any atom is -0.507 e. The van der Waals surface area contributed by atoms with Crippen LogP contribution in [-0.4, -0.2) is 73.8 Å². The van der Waals surface area contributed by atoms with Gasteiger partial charge in [0.05, 0.1) is 22.5 Å². The Kier molecular flexibility index (Phi) is 6.69. The highest BCUT2D eigenvalue weighted by molar-refractivity contribution is 6.06. The molecule has 212 valence electrons. The number of phenolic OH excluding ortho intramolecular Hbond substituents is 1. The van der Waals surface area contributed by atoms with Crippen LogP contribution in [0.5, 0.6) is 5.75 Å². The van der Waals surface area contributed by atoms with Crippen molar-refractivity contribution in [3.05, 3.63) is 77.6 Å². The molecule has 0 bridgehead atoms. The second kappa shape index (κ2) is 10.2. The van der Waals surface area contributed by atoms with Gasteiger partial charge in [0.15, 0.2) is 5.82 Å². The number of aromatic hydroxyl groups is 1. The SMILES string of the molecule is C=CC(=O)N1CCN(C2=NC(O)N(c3c(C)ccnc3C3CC3)c3nc(-c4c(O)cccc4F)c(F)cc32)[C@@H](C)C1. The Labute approximate surface area is 236 Å². The summed E-state index contributed by atoms with van der Waals surface area (Å²) >= 11 is 0. The normalized spacial score (nSPS) is 20.5. The predicted octanol–water partition coefficient (Wildman–Crippen LogP) is 4.21. The molecule has 11 heteroatoms. The van der Waals surface area contributed by atoms with E-state index in [1.807, 2.05) is 24.8 Å². The molecule has 1 saturated heterocycles. The van der Waals surface area contributed by atoms with Gasteiger partial charge in [0, 0.05) is 37.8 Å². The summed E-state index contributed by atoms with van der Waals surface area (Å²) < 4.78 is 30.8. The van der Waals surface area contributed by atoms with Gasteiger partial charge in [0.2, 0.25) is 12.3 Å². The van der Waals surface area contributed by atoms with E-state index in [2.05, 4.69) is 21.5 Å². The van der Waals surface area contributed by atoms with Gasteiger partial charge in [-0.3, -0.25) is 14.7 Å². The first kappa shape index (κ1) is 26.8. The summed E-state index contributed by atoms with van der Waals surface area (Å²) in [5, 5.41) is 22.0. The third-order valence-electron chi connectivity index (χ3n) is 7.87. The molecule has 1 amide bonds. The summed E-state index contributed by atoms with van der Waals surface area (Å²) in [5.74, 6) is -1.65. The molecular weight excluding hydrogens is 530 g/mol. The zero-order valence-electron chi connectivity index (χ0n) is 22.8. The Bertz CT molecular complexity index is 1570. The molecule has 2 aliphatic heterocycles. The number of nitrogens with zero attached hydrogens (tertiary/aromatic N) is 6. The number of carbonyl (C=O) groups is 1. The highest BCUT2D eigenvalue weighted by atomic mass is 19.1. The number of amidine groups is 1. The van der Waals surface area contributed by atoms with Crippen LogP contribution in [-0.2, 0) is 4.79 Å². The summed E-state index contributed by atoms with van der Waals surface area (Å²) in [7, 11) is 0. The first-order valence-electron chi connectivity index (χ1n) is 13.6. The van der Waals surface area contributed by atoms with Crippen LogP contribution in [0.25, 0.3) is 11.3 Å². The van der Waals surface area contributed by atoms with E-state index >= 15 is 4.39 Å². The maximum absolute atomic E-state index is 15.8. The van der Waals surface area contributed by atoms with Crippen molar-refractivity contribution < 1.29 is 23.8 Å². The van der Waals surface area contributed by atoms with Crippen LogP contribution in [0.2, 0.25) is 0 Å². The van der Waals surface area contributed by atoms with E-state index in [0.717, 1.165) is 30.2 Å². The van der Waals surface area contributed by atoms with E-state index in [9.17, 15) is 19.4 Å². The van der Waals surface area contributed by atoms with Crippen molar-refractivity contribution in [1.29, 1.82) is 0 Å². The summed E-state index contributed by atoms with van der Waals surface area (Å²) in [6, 6.07) is 6.52. The first-order chi connectivity index (χ1) is 19.7. The number of fused-ring (bicyclic) bond motifs is 1. The van der Waals surface area contributed by atoms with Crippen LogP contribution in [0.1, 0.15) is 42.5 Å². The van der Waals surface area contributed by atoms with Crippen molar-refractivity contribution in [3.63, 3.8) is 0 Å². The molecule has 9 nitrogen and oxygen atoms in total. The summed E-state index contributed by atoms with van der Waals surface area (Å²) in [5.41, 5.74) is 1.75. The standard InChI is InChI=1S/C30H30F2N6O3/c1-4-23(40)36-12-13-37(17(3)15-36)28-19-14-21(32)26(24-20(31)6-5-7-22(24)39)34-29(19)38(30(41)35-28)27-16(2)10-11-33-25(27)18-8-9-18/h4-7,10-11,14,17-18,30,39,41H,1,8-9,12-13,15H2,2-3H3/t17-,30?/m0/s1. The van der Waals surface area contributed by atoms with Crippen LogP contribution in [0.15, 0.2) is 54.2 Å². The number of amides is 1. The first-order valence-corrected chi connectivity index (χ1v) is 13.6. The molecule has 41 heavy (non-hydrogen) atoms. The van der Waals surface area contributed by atoms with Gasteiger partial charge < -0.3 is 20.0 Å². The number of benzene rings is 1. The fourth-order valence-electron chi connectivity index (χ4n) is 5.69. The van der Waals surface area contributed by atoms with Gasteiger partial charge in [-0.1, -0.05) is 12.6 Å². The molecule has 0 radical (unpaired) electrons. The molecule has 3 aliphatic rings. The quantitative estimate of drug-likeness (QED) is 0.461. The number of aliphatic hydroxyl groups excluding tert-OH is 1. The number of aromatic nitrogens is 2. The van der Waals surface area contributed by atoms with E-state index in [4.69, 9.17) is 0 Å². The Morgan fingerprint density at radius 2 is 1.95 bits per heavy atom. The van der Waals surface area contributed by atoms with Gasteiger partial charge in [0.25, 0.3) is 0 Å². The monoisotopic (exact) mass is 560 g/mol. The van der Waals surface area contributed by atoms with Crippen LogP contribution < -0.4 is 4.90 Å². The van der Waals surface area contributed by atoms with E-state index in [1.165, 1.54) is 29.2 Å². The largest absolute Gasteiger partial charge is 0.507 e. The molecule has 3 aromatic rings. The molecule has 2 N–H and O–H groups in total. The maximum atomic E-state index is 15.8. The number of aliphatic imine (C=N–C) groups is 1. The molecular formula is C30H30F2N6O3. The van der Waals surface area contributed by atoms with E-state index < -0.39 is 23.7 Å². The second-order valence-corrected chi connectivity index (χ2v) is 10.7. The number of anilines is 2. The van der Waals surface area contributed by atoms with Gasteiger partial charge in [-0.2, -0.15) is 0 Å². The lowest BCUT2D eigenvalue weighted by Crippen LogP contribution is -2.56. The Hall–Kier alpha value is -4.38. The lowest BCUT2D eigenvalue weighted by molar-refractivity contribution is -0.128. The summed E-state index contributed by atoms with van der Waals surface area (Å²) in [4.78, 5) is 31.1. The van der Waals surface area contributed by atoms with Gasteiger partial charge in [0.1, 0.15) is 28.9 Å². The van der Waals surface area contributed by atoms with Gasteiger partial charge >= 0.3 is 0 Å². The molecule has 1 aliphatic carbocycles. The molecule has 0 spiro atoms. The van der Waals surface area contributed by atoms with Crippen LogP contribution in [0, 0.1) is 18.6 Å². The highest BCUT2D eigenvalue weighted by Gasteiger charge is 2.40. The van der Waals surface area contributed by atoms with E-state index in [1.54, 1.807) is 11.1 Å². The predicted molar refractivity (Wildman–Crippen MR) is 150 cm³/mol. The molecule has 2 atom stereocenters. The molecule has 4 heterocycles. The van der Waals surface area contributed by atoms with Crippen molar-refractivity contribution in [3.8, 4) is 17.0 Å². The number of hydrogen-bond acceptors (Lipinski definition) is 8. The molecule has 6 rings (SSSR count). The lowest BCUT2D eigenvalue weighted by atomic mass is 10.0. The van der Waals surface area contributed by atoms with Gasteiger partial charge in [-0.05, 0) is 62.6 Å². The number of rotatable bonds is 4. The molecule has 1 saturated carbocycles. The number of phenols is 1. The second-order valence-electron chi connectivity index (χ2n) is 10.7. The zero-order valence-corrected chi connectivity index (χ0v) is 22.8. The lowest BCUT2D eigenvalue weighted by Gasteiger charge is -2.44. The van der Waals surface area contributed by atoms with Crippen LogP contribution in [0.4, 0.5) is 20.3 Å². The minimum absolute atomic E-state index is 0.163. The number of piperazine rings is 1. The van der Waals surface area contributed by atoms with Gasteiger partial charge in [-0.15, -0.1) is 0 Å². The maximum Gasteiger partial charge on any atom is 0.246 e. The van der Waals surface area contributed by atoms with Crippen molar-refractivity contribution in [2.75, 3.05) is 24.5 Å². The third-order valence-corrected chi connectivity index (χ3v) is 7.87. The number of carbonyl (C=O) groups excluding carboxylic acids is 1. The number of aliphatic hydroxyl groups is 1. The third kappa shape index (κ3) is 4.59. The van der Waals surface area contributed by atoms with E-state index in [-0.39, 0.29) is 34.9 Å². The summed E-state index contributed by atoms with van der Waals surface area (Å²) in [6.45, 7) is 8.51. The summed E-state index contributed by atoms with van der Waals surface area (Å²) in [6.07, 6.45) is 3.43. The zero-order chi connectivity index (χ0) is 29.0.